The third-order valence-electron chi connectivity index (χ3n) is 2.83. The van der Waals surface area contributed by atoms with Crippen molar-refractivity contribution in [3.8, 4) is 5.75 Å². The van der Waals surface area contributed by atoms with Crippen LogP contribution in [0.3, 0.4) is 0 Å². The number of nitrogens with zero attached hydrogens (tertiary/aromatic N) is 3. The number of thioether (sulfide) groups is 1. The molecular weight excluding hydrogens is 321 g/mol. The quantitative estimate of drug-likeness (QED) is 0.556. The molecule has 23 heavy (non-hydrogen) atoms. The molecule has 124 valence electrons. The van der Waals surface area contributed by atoms with E-state index in [2.05, 4.69) is 15.5 Å². The summed E-state index contributed by atoms with van der Waals surface area (Å²) in [5, 5.41) is 10.9. The van der Waals surface area contributed by atoms with Crippen LogP contribution in [0.2, 0.25) is 0 Å². The SMILES string of the molecule is CCCNC(=O)CSc1nnc(COc2ccccc2F)n1N. The van der Waals surface area contributed by atoms with Gasteiger partial charge >= 0.3 is 0 Å². The highest BCUT2D eigenvalue weighted by atomic mass is 32.2. The molecule has 0 spiro atoms. The Hall–Kier alpha value is -2.29. The van der Waals surface area contributed by atoms with Gasteiger partial charge in [0, 0.05) is 6.54 Å². The molecule has 0 aliphatic heterocycles. The van der Waals surface area contributed by atoms with Crippen molar-refractivity contribution in [2.75, 3.05) is 18.1 Å². The van der Waals surface area contributed by atoms with Crippen LogP contribution >= 0.6 is 11.8 Å². The number of nitrogens with one attached hydrogen (secondary N) is 1. The second kappa shape index (κ2) is 8.37. The number of hydrogen-bond acceptors (Lipinski definition) is 6. The predicted octanol–water partition coefficient (Wildman–Crippen LogP) is 1.33. The Morgan fingerprint density at radius 1 is 1.43 bits per heavy atom. The monoisotopic (exact) mass is 339 g/mol. The molecule has 0 aliphatic rings. The van der Waals surface area contributed by atoms with Crippen LogP contribution in [0, 0.1) is 5.82 Å². The van der Waals surface area contributed by atoms with Crippen molar-refractivity contribution in [1.29, 1.82) is 0 Å². The van der Waals surface area contributed by atoms with E-state index in [4.69, 9.17) is 10.6 Å². The number of amides is 1. The number of carbonyl (C=O) groups excluding carboxylic acids is 1. The fourth-order valence-electron chi connectivity index (χ4n) is 1.65. The zero-order valence-electron chi connectivity index (χ0n) is 12.7. The number of halogens is 1. The van der Waals surface area contributed by atoms with Gasteiger partial charge in [0.05, 0.1) is 5.75 Å². The number of nitrogen functional groups attached to an aromatic ring is 1. The molecule has 1 aromatic carbocycles. The molecule has 0 bridgehead atoms. The second-order valence-corrected chi connectivity index (χ2v) is 5.57. The Bertz CT molecular complexity index is 664. The maximum absolute atomic E-state index is 13.5. The van der Waals surface area contributed by atoms with E-state index in [9.17, 15) is 9.18 Å². The summed E-state index contributed by atoms with van der Waals surface area (Å²) in [6.45, 7) is 2.59. The number of para-hydroxylation sites is 1. The molecule has 7 nitrogen and oxygen atoms in total. The Balaban J connectivity index is 1.89. The molecular formula is C14H18FN5O2S. The Morgan fingerprint density at radius 3 is 2.96 bits per heavy atom. The molecule has 0 unspecified atom stereocenters. The summed E-state index contributed by atoms with van der Waals surface area (Å²) in [5.41, 5.74) is 0. The van der Waals surface area contributed by atoms with Gasteiger partial charge in [-0.05, 0) is 18.6 Å². The molecule has 0 saturated carbocycles. The van der Waals surface area contributed by atoms with Gasteiger partial charge in [-0.15, -0.1) is 10.2 Å². The summed E-state index contributed by atoms with van der Waals surface area (Å²) in [4.78, 5) is 11.5. The first-order valence-electron chi connectivity index (χ1n) is 7.08. The standard InChI is InChI=1S/C14H18FN5O2S/c1-2-7-17-13(21)9-23-14-19-18-12(20(14)16)8-22-11-6-4-3-5-10(11)15/h3-6H,2,7-9,16H2,1H3,(H,17,21). The maximum Gasteiger partial charge on any atom is 0.230 e. The average Bonchev–Trinajstić information content (AvgIpc) is 2.90. The molecule has 0 aliphatic carbocycles. The van der Waals surface area contributed by atoms with E-state index in [-0.39, 0.29) is 24.0 Å². The van der Waals surface area contributed by atoms with Crippen LogP contribution in [0.4, 0.5) is 4.39 Å². The van der Waals surface area contributed by atoms with Crippen molar-refractivity contribution < 1.29 is 13.9 Å². The highest BCUT2D eigenvalue weighted by molar-refractivity contribution is 7.99. The third-order valence-corrected chi connectivity index (χ3v) is 3.78. The minimum atomic E-state index is -0.460. The largest absolute Gasteiger partial charge is 0.482 e. The van der Waals surface area contributed by atoms with Gasteiger partial charge in [-0.3, -0.25) is 4.79 Å². The van der Waals surface area contributed by atoms with Gasteiger partial charge in [0.15, 0.2) is 17.4 Å². The molecule has 1 heterocycles. The van der Waals surface area contributed by atoms with Gasteiger partial charge < -0.3 is 15.9 Å². The average molecular weight is 339 g/mol. The Morgan fingerprint density at radius 2 is 2.22 bits per heavy atom. The van der Waals surface area contributed by atoms with Gasteiger partial charge in [0.25, 0.3) is 0 Å². The number of carbonyl (C=O) groups is 1. The van der Waals surface area contributed by atoms with E-state index in [1.165, 1.54) is 28.6 Å². The van der Waals surface area contributed by atoms with E-state index in [0.29, 0.717) is 17.5 Å². The number of aromatic nitrogens is 3. The van der Waals surface area contributed by atoms with Crippen LogP contribution in [-0.4, -0.2) is 33.1 Å². The van der Waals surface area contributed by atoms with Crippen molar-refractivity contribution in [1.82, 2.24) is 20.2 Å². The van der Waals surface area contributed by atoms with E-state index in [0.717, 1.165) is 6.42 Å². The van der Waals surface area contributed by atoms with Crippen LogP contribution in [0.25, 0.3) is 0 Å². The van der Waals surface area contributed by atoms with Crippen molar-refractivity contribution in [3.63, 3.8) is 0 Å². The zero-order chi connectivity index (χ0) is 16.7. The van der Waals surface area contributed by atoms with Crippen molar-refractivity contribution >= 4 is 17.7 Å². The number of benzene rings is 1. The first-order chi connectivity index (χ1) is 11.1. The molecule has 1 aromatic heterocycles. The zero-order valence-corrected chi connectivity index (χ0v) is 13.5. The lowest BCUT2D eigenvalue weighted by molar-refractivity contribution is -0.118. The molecule has 0 saturated heterocycles. The van der Waals surface area contributed by atoms with Crippen LogP contribution in [0.1, 0.15) is 19.2 Å². The van der Waals surface area contributed by atoms with Gasteiger partial charge in [0.1, 0.15) is 6.61 Å². The Labute approximate surface area is 137 Å². The molecule has 3 N–H and O–H groups in total. The summed E-state index contributed by atoms with van der Waals surface area (Å²) in [7, 11) is 0. The molecule has 2 aromatic rings. The number of nitrogens with two attached hydrogens (primary N) is 1. The summed E-state index contributed by atoms with van der Waals surface area (Å²) >= 11 is 1.17. The third kappa shape index (κ3) is 4.85. The number of rotatable bonds is 8. The van der Waals surface area contributed by atoms with Crippen molar-refractivity contribution in [2.45, 2.75) is 25.1 Å². The second-order valence-electron chi connectivity index (χ2n) is 4.63. The van der Waals surface area contributed by atoms with Crippen LogP contribution in [0.5, 0.6) is 5.75 Å². The lowest BCUT2D eigenvalue weighted by Gasteiger charge is -2.07. The summed E-state index contributed by atoms with van der Waals surface area (Å²) < 4.78 is 20.0. The molecule has 9 heteroatoms. The highest BCUT2D eigenvalue weighted by Crippen LogP contribution is 2.18. The molecule has 2 rings (SSSR count). The minimum absolute atomic E-state index is 0.0208. The first-order valence-corrected chi connectivity index (χ1v) is 8.06. The molecule has 1 amide bonds. The lowest BCUT2D eigenvalue weighted by Crippen LogP contribution is -2.26. The van der Waals surface area contributed by atoms with E-state index < -0.39 is 5.82 Å². The first kappa shape index (κ1) is 17.1. The van der Waals surface area contributed by atoms with Crippen LogP contribution in [0.15, 0.2) is 29.4 Å². The van der Waals surface area contributed by atoms with Crippen molar-refractivity contribution in [2.24, 2.45) is 0 Å². The molecule has 0 fully saturated rings. The highest BCUT2D eigenvalue weighted by Gasteiger charge is 2.13. The number of ether oxygens (including phenoxy) is 1. The summed E-state index contributed by atoms with van der Waals surface area (Å²) in [5.74, 6) is 5.95. The smallest absolute Gasteiger partial charge is 0.230 e. The van der Waals surface area contributed by atoms with Gasteiger partial charge in [-0.2, -0.15) is 0 Å². The minimum Gasteiger partial charge on any atom is -0.482 e. The predicted molar refractivity (Wildman–Crippen MR) is 84.9 cm³/mol. The van der Waals surface area contributed by atoms with Gasteiger partial charge in [-0.1, -0.05) is 30.8 Å². The summed E-state index contributed by atoms with van der Waals surface area (Å²) in [6.07, 6.45) is 0.876. The normalized spacial score (nSPS) is 10.5. The van der Waals surface area contributed by atoms with Gasteiger partial charge in [-0.25, -0.2) is 9.07 Å². The fraction of sp³-hybridized carbons (Fsp3) is 0.357. The van der Waals surface area contributed by atoms with Gasteiger partial charge in [0.2, 0.25) is 11.1 Å². The Kier molecular flexibility index (Phi) is 6.21. The number of hydrogen-bond donors (Lipinski definition) is 2. The topological polar surface area (TPSA) is 95.1 Å². The van der Waals surface area contributed by atoms with E-state index in [1.54, 1.807) is 12.1 Å². The van der Waals surface area contributed by atoms with Crippen LogP contribution < -0.4 is 15.9 Å². The van der Waals surface area contributed by atoms with Crippen molar-refractivity contribution in [3.05, 3.63) is 35.9 Å². The lowest BCUT2D eigenvalue weighted by atomic mass is 10.3. The maximum atomic E-state index is 13.5. The molecule has 0 atom stereocenters. The summed E-state index contributed by atoms with van der Waals surface area (Å²) in [6, 6.07) is 6.06. The fourth-order valence-corrected chi connectivity index (χ4v) is 2.36. The molecule has 0 radical (unpaired) electrons. The van der Waals surface area contributed by atoms with E-state index in [1.807, 2.05) is 6.92 Å². The van der Waals surface area contributed by atoms with Crippen LogP contribution in [-0.2, 0) is 11.4 Å². The van der Waals surface area contributed by atoms with E-state index >= 15 is 0 Å².